The molecule has 0 aliphatic heterocycles. The van der Waals surface area contributed by atoms with E-state index in [1.807, 2.05) is 41.5 Å². The molecule has 0 aromatic heterocycles. The third kappa shape index (κ3) is 5.78. The van der Waals surface area contributed by atoms with E-state index in [9.17, 15) is 9.90 Å². The summed E-state index contributed by atoms with van der Waals surface area (Å²) in [6.45, 7) is 11.1. The summed E-state index contributed by atoms with van der Waals surface area (Å²) in [6.07, 6.45) is 1.33. The molecule has 0 fully saturated rings. The van der Waals surface area contributed by atoms with Crippen molar-refractivity contribution in [3.05, 3.63) is 11.8 Å². The molecule has 0 spiro atoms. The fraction of sp³-hybridized carbons (Fsp3) is 0.727. The Bertz CT molecular complexity index is 229. The van der Waals surface area contributed by atoms with Crippen molar-refractivity contribution in [2.45, 2.75) is 41.5 Å². The molecule has 0 saturated heterocycles. The van der Waals surface area contributed by atoms with E-state index in [1.54, 1.807) is 0 Å². The minimum atomic E-state index is -0.417. The largest absolute Gasteiger partial charge is 0.512 e. The molecule has 0 aromatic rings. The number of hydrogen-bond acceptors (Lipinski definition) is 2. The molecule has 0 bridgehead atoms. The molecule has 3 heteroatoms. The van der Waals surface area contributed by atoms with Gasteiger partial charge in [-0.2, -0.15) is 0 Å². The standard InChI is InChI=1S/C11H20O2.Tl/c1-10(2,3)8(12)7-9(13)11(4,5)6;/h7,12H,1-6H3;/b8-7-;. The Morgan fingerprint density at radius 1 is 1.00 bits per heavy atom. The van der Waals surface area contributed by atoms with Gasteiger partial charge in [0.05, 0.1) is 0 Å². The van der Waals surface area contributed by atoms with E-state index < -0.39 is 5.41 Å². The van der Waals surface area contributed by atoms with Gasteiger partial charge in [0.2, 0.25) is 0 Å². The number of rotatable bonds is 1. The van der Waals surface area contributed by atoms with Crippen molar-refractivity contribution >= 4 is 33.1 Å². The number of allylic oxidation sites excluding steroid dienone is 2. The van der Waals surface area contributed by atoms with Crippen molar-refractivity contribution in [2.75, 3.05) is 0 Å². The third-order valence-corrected chi connectivity index (χ3v) is 1.78. The average Bonchev–Trinajstić information content (AvgIpc) is 1.82. The zero-order valence-electron chi connectivity index (χ0n) is 10.0. The molecule has 0 atom stereocenters. The molecule has 0 rings (SSSR count). The topological polar surface area (TPSA) is 37.3 Å². The van der Waals surface area contributed by atoms with Crippen LogP contribution in [0, 0.1) is 10.8 Å². The van der Waals surface area contributed by atoms with Crippen molar-refractivity contribution in [1.82, 2.24) is 0 Å². The third-order valence-electron chi connectivity index (χ3n) is 1.78. The zero-order valence-corrected chi connectivity index (χ0v) is 14.5. The fourth-order valence-corrected chi connectivity index (χ4v) is 0.557. The van der Waals surface area contributed by atoms with Crippen molar-refractivity contribution in [3.63, 3.8) is 0 Å². The first-order chi connectivity index (χ1) is 5.55. The first-order valence-electron chi connectivity index (χ1n) is 4.51. The molecular formula is C11H20O2Tl. The monoisotopic (exact) mass is 389 g/mol. The summed E-state index contributed by atoms with van der Waals surface area (Å²) in [6, 6.07) is 0. The Labute approximate surface area is 107 Å². The van der Waals surface area contributed by atoms with Crippen LogP contribution in [0.2, 0.25) is 0 Å². The van der Waals surface area contributed by atoms with Gasteiger partial charge in [-0.25, -0.2) is 0 Å². The smallest absolute Gasteiger partial charge is 0.164 e. The number of aliphatic hydroxyl groups excluding tert-OH is 1. The van der Waals surface area contributed by atoms with Gasteiger partial charge in [0, 0.05) is 44.2 Å². The van der Waals surface area contributed by atoms with Crippen LogP contribution in [0.5, 0.6) is 0 Å². The molecule has 1 N–H and O–H groups in total. The molecular weight excluding hydrogens is 369 g/mol. The zero-order chi connectivity index (χ0) is 10.9. The summed E-state index contributed by atoms with van der Waals surface area (Å²) in [7, 11) is 0. The second kappa shape index (κ2) is 5.28. The van der Waals surface area contributed by atoms with E-state index in [0.29, 0.717) is 0 Å². The first-order valence-corrected chi connectivity index (χ1v) is 4.51. The maximum Gasteiger partial charge on any atom is 0.164 e. The van der Waals surface area contributed by atoms with Crippen LogP contribution in [0.15, 0.2) is 11.8 Å². The molecule has 0 aromatic carbocycles. The normalized spacial score (nSPS) is 13.4. The van der Waals surface area contributed by atoms with Gasteiger partial charge in [0.1, 0.15) is 5.76 Å². The van der Waals surface area contributed by atoms with E-state index in [1.165, 1.54) is 6.08 Å². The molecule has 1 radical (unpaired) electrons. The molecule has 0 heterocycles. The maximum absolute atomic E-state index is 11.5. The predicted octanol–water partition coefficient (Wildman–Crippen LogP) is 2.71. The first kappa shape index (κ1) is 16.6. The summed E-state index contributed by atoms with van der Waals surface area (Å²) in [4.78, 5) is 11.5. The molecule has 0 aliphatic rings. The van der Waals surface area contributed by atoms with Crippen LogP contribution in [0.1, 0.15) is 41.5 Å². The van der Waals surface area contributed by atoms with E-state index >= 15 is 0 Å². The Kier molecular flexibility index (Phi) is 6.25. The summed E-state index contributed by atoms with van der Waals surface area (Å²) in [5, 5.41) is 9.56. The molecule has 0 unspecified atom stereocenters. The van der Waals surface area contributed by atoms with Gasteiger partial charge in [-0.1, -0.05) is 41.5 Å². The Balaban J connectivity index is 0. The van der Waals surface area contributed by atoms with Gasteiger partial charge in [0.25, 0.3) is 0 Å². The molecule has 0 aliphatic carbocycles. The van der Waals surface area contributed by atoms with Gasteiger partial charge in [-0.05, 0) is 0 Å². The number of aliphatic hydroxyl groups is 1. The molecule has 0 amide bonds. The minimum absolute atomic E-state index is 0. The second-order valence-electron chi connectivity index (χ2n) is 5.39. The van der Waals surface area contributed by atoms with Crippen LogP contribution in [0.25, 0.3) is 0 Å². The molecule has 79 valence electrons. The summed E-state index contributed by atoms with van der Waals surface area (Å²) in [5.41, 5.74) is -0.764. The molecule has 0 saturated carbocycles. The maximum atomic E-state index is 11.5. The van der Waals surface area contributed by atoms with Crippen LogP contribution < -0.4 is 0 Å². The van der Waals surface area contributed by atoms with E-state index in [2.05, 4.69) is 0 Å². The second-order valence-corrected chi connectivity index (χ2v) is 5.39. The number of carbonyl (C=O) groups is 1. The van der Waals surface area contributed by atoms with Crippen LogP contribution in [-0.2, 0) is 4.79 Å². The van der Waals surface area contributed by atoms with Crippen molar-refractivity contribution < 1.29 is 9.90 Å². The van der Waals surface area contributed by atoms with Gasteiger partial charge >= 0.3 is 0 Å². The van der Waals surface area contributed by atoms with E-state index in [-0.39, 0.29) is 44.3 Å². The molecule has 2 nitrogen and oxygen atoms in total. The number of ketones is 1. The van der Waals surface area contributed by atoms with Gasteiger partial charge in [-0.15, -0.1) is 0 Å². The SMILES string of the molecule is CC(C)(C)C(=O)/C=C(\O)C(C)(C)C.[Tl]. The fourth-order valence-electron chi connectivity index (χ4n) is 0.557. The van der Waals surface area contributed by atoms with E-state index in [4.69, 9.17) is 0 Å². The average molecular weight is 389 g/mol. The number of carbonyl (C=O) groups excluding carboxylic acids is 1. The van der Waals surface area contributed by atoms with Crippen LogP contribution in [0.3, 0.4) is 0 Å². The van der Waals surface area contributed by atoms with Crippen molar-refractivity contribution in [3.8, 4) is 0 Å². The van der Waals surface area contributed by atoms with Crippen LogP contribution in [0.4, 0.5) is 0 Å². The Morgan fingerprint density at radius 2 is 1.36 bits per heavy atom. The van der Waals surface area contributed by atoms with Crippen molar-refractivity contribution in [2.24, 2.45) is 10.8 Å². The van der Waals surface area contributed by atoms with Gasteiger partial charge < -0.3 is 5.11 Å². The van der Waals surface area contributed by atoms with Crippen LogP contribution >= 0.6 is 0 Å². The summed E-state index contributed by atoms with van der Waals surface area (Å²) in [5.74, 6) is 0.104. The Morgan fingerprint density at radius 3 is 1.57 bits per heavy atom. The minimum Gasteiger partial charge on any atom is -0.512 e. The Hall–Kier alpha value is 0.132. The molecule has 14 heavy (non-hydrogen) atoms. The quantitative estimate of drug-likeness (QED) is 0.426. The van der Waals surface area contributed by atoms with E-state index in [0.717, 1.165) is 0 Å². The predicted molar refractivity (Wildman–Crippen MR) is 60.4 cm³/mol. The summed E-state index contributed by atoms with van der Waals surface area (Å²) < 4.78 is 0. The van der Waals surface area contributed by atoms with Gasteiger partial charge in [0.15, 0.2) is 5.78 Å². The van der Waals surface area contributed by atoms with Crippen LogP contribution in [-0.4, -0.2) is 38.2 Å². The van der Waals surface area contributed by atoms with Gasteiger partial charge in [-0.3, -0.25) is 4.79 Å². The van der Waals surface area contributed by atoms with Crippen molar-refractivity contribution in [1.29, 1.82) is 0 Å². The summed E-state index contributed by atoms with van der Waals surface area (Å²) >= 11 is 0. The number of hydrogen-bond donors (Lipinski definition) is 1.